The molecule has 184 valence electrons. The van der Waals surface area contributed by atoms with Gasteiger partial charge in [0.25, 0.3) is 10.0 Å². The molecule has 1 heterocycles. The first kappa shape index (κ1) is 25.1. The summed E-state index contributed by atoms with van der Waals surface area (Å²) >= 11 is 6.35. The van der Waals surface area contributed by atoms with Crippen molar-refractivity contribution >= 4 is 38.9 Å². The minimum atomic E-state index is -4.02. The quantitative estimate of drug-likeness (QED) is 0.444. The minimum Gasteiger partial charge on any atom is -0.372 e. The lowest BCUT2D eigenvalue weighted by atomic mass is 10.1. The fourth-order valence-corrected chi connectivity index (χ4v) is 5.97. The Balaban J connectivity index is 1.53. The molecule has 1 saturated heterocycles. The Hall–Kier alpha value is -3.03. The number of rotatable bonds is 8. The third kappa shape index (κ3) is 5.80. The molecule has 1 fully saturated rings. The zero-order chi connectivity index (χ0) is 25.0. The minimum absolute atomic E-state index is 0.0985. The standard InChI is InChI=1S/C27H30ClN3O3S/c1-20-9-15-24(16-10-20)35(33,34)31(26-8-4-3-7-25(26)28)19-27(32)29-21(2)22-11-13-23(14-12-22)30-17-5-6-18-30/h3-4,7-16,21H,5-6,17-19H2,1-2H3,(H,29,32). The summed E-state index contributed by atoms with van der Waals surface area (Å²) in [5.41, 5.74) is 3.33. The van der Waals surface area contributed by atoms with Crippen LogP contribution >= 0.6 is 11.6 Å². The molecule has 0 aromatic heterocycles. The highest BCUT2D eigenvalue weighted by molar-refractivity contribution is 7.92. The van der Waals surface area contributed by atoms with E-state index in [1.165, 1.54) is 30.7 Å². The molecule has 35 heavy (non-hydrogen) atoms. The number of aryl methyl sites for hydroxylation is 1. The van der Waals surface area contributed by atoms with Crippen LogP contribution in [0.4, 0.5) is 11.4 Å². The van der Waals surface area contributed by atoms with Gasteiger partial charge in [-0.3, -0.25) is 9.10 Å². The zero-order valence-corrected chi connectivity index (χ0v) is 21.5. The Bertz CT molecular complexity index is 1270. The fraction of sp³-hybridized carbons (Fsp3) is 0.296. The topological polar surface area (TPSA) is 69.7 Å². The average Bonchev–Trinajstić information content (AvgIpc) is 3.38. The van der Waals surface area contributed by atoms with Gasteiger partial charge in [0.1, 0.15) is 6.54 Å². The third-order valence-corrected chi connectivity index (χ3v) is 8.35. The van der Waals surface area contributed by atoms with E-state index in [-0.39, 0.29) is 21.6 Å². The highest BCUT2D eigenvalue weighted by atomic mass is 35.5. The molecule has 6 nitrogen and oxygen atoms in total. The van der Waals surface area contributed by atoms with Gasteiger partial charge in [0.15, 0.2) is 0 Å². The van der Waals surface area contributed by atoms with Crippen molar-refractivity contribution in [1.29, 1.82) is 0 Å². The molecule has 1 atom stereocenters. The van der Waals surface area contributed by atoms with Gasteiger partial charge in [-0.15, -0.1) is 0 Å². The maximum atomic E-state index is 13.5. The Kier molecular flexibility index (Phi) is 7.67. The van der Waals surface area contributed by atoms with Crippen molar-refractivity contribution in [2.45, 2.75) is 37.6 Å². The summed E-state index contributed by atoms with van der Waals surface area (Å²) in [5, 5.41) is 3.19. The van der Waals surface area contributed by atoms with E-state index < -0.39 is 22.5 Å². The number of benzene rings is 3. The molecule has 1 amide bonds. The summed E-state index contributed by atoms with van der Waals surface area (Å²) in [6.07, 6.45) is 2.42. The van der Waals surface area contributed by atoms with Crippen LogP contribution in [-0.2, 0) is 14.8 Å². The van der Waals surface area contributed by atoms with Crippen molar-refractivity contribution in [3.63, 3.8) is 0 Å². The van der Waals surface area contributed by atoms with Gasteiger partial charge in [-0.05, 0) is 68.7 Å². The van der Waals surface area contributed by atoms with Crippen LogP contribution in [0.3, 0.4) is 0 Å². The van der Waals surface area contributed by atoms with Crippen molar-refractivity contribution < 1.29 is 13.2 Å². The van der Waals surface area contributed by atoms with Gasteiger partial charge in [-0.2, -0.15) is 0 Å². The zero-order valence-electron chi connectivity index (χ0n) is 19.9. The smallest absolute Gasteiger partial charge is 0.264 e. The fourth-order valence-electron chi connectivity index (χ4n) is 4.24. The van der Waals surface area contributed by atoms with Crippen LogP contribution in [-0.4, -0.2) is 34.0 Å². The first-order valence-corrected chi connectivity index (χ1v) is 13.6. The van der Waals surface area contributed by atoms with Gasteiger partial charge < -0.3 is 10.2 Å². The number of nitrogens with one attached hydrogen (secondary N) is 1. The van der Waals surface area contributed by atoms with E-state index in [4.69, 9.17) is 11.6 Å². The van der Waals surface area contributed by atoms with Crippen molar-refractivity contribution in [1.82, 2.24) is 5.32 Å². The number of anilines is 2. The van der Waals surface area contributed by atoms with E-state index in [9.17, 15) is 13.2 Å². The molecule has 3 aromatic carbocycles. The van der Waals surface area contributed by atoms with E-state index in [0.717, 1.165) is 28.5 Å². The second-order valence-corrected chi connectivity index (χ2v) is 11.1. The SMILES string of the molecule is Cc1ccc(S(=O)(=O)N(CC(=O)NC(C)c2ccc(N3CCCC3)cc2)c2ccccc2Cl)cc1. The van der Waals surface area contributed by atoms with Crippen LogP contribution in [0.5, 0.6) is 0 Å². The van der Waals surface area contributed by atoms with Gasteiger partial charge in [0.2, 0.25) is 5.91 Å². The molecule has 8 heteroatoms. The molecule has 1 unspecified atom stereocenters. The van der Waals surface area contributed by atoms with Crippen molar-refractivity contribution in [2.24, 2.45) is 0 Å². The second kappa shape index (κ2) is 10.7. The monoisotopic (exact) mass is 511 g/mol. The molecule has 1 aliphatic rings. The van der Waals surface area contributed by atoms with Crippen LogP contribution in [0.2, 0.25) is 5.02 Å². The van der Waals surface area contributed by atoms with Crippen LogP contribution in [0.25, 0.3) is 0 Å². The number of hydrogen-bond acceptors (Lipinski definition) is 4. The summed E-state index contributed by atoms with van der Waals surface area (Å²) in [7, 11) is -4.02. The Morgan fingerprint density at radius 3 is 2.26 bits per heavy atom. The van der Waals surface area contributed by atoms with Gasteiger partial charge in [-0.25, -0.2) is 8.42 Å². The van der Waals surface area contributed by atoms with Crippen LogP contribution < -0.4 is 14.5 Å². The molecule has 0 bridgehead atoms. The average molecular weight is 512 g/mol. The predicted molar refractivity (Wildman–Crippen MR) is 142 cm³/mol. The van der Waals surface area contributed by atoms with E-state index in [0.29, 0.717) is 0 Å². The number of hydrogen-bond donors (Lipinski definition) is 1. The first-order valence-electron chi connectivity index (χ1n) is 11.7. The maximum absolute atomic E-state index is 13.5. The number of carbonyl (C=O) groups is 1. The number of halogens is 1. The van der Waals surface area contributed by atoms with Crippen LogP contribution in [0.15, 0.2) is 77.7 Å². The maximum Gasteiger partial charge on any atom is 0.264 e. The van der Waals surface area contributed by atoms with Crippen molar-refractivity contribution in [3.05, 3.63) is 88.9 Å². The Morgan fingerprint density at radius 2 is 1.63 bits per heavy atom. The summed E-state index contributed by atoms with van der Waals surface area (Å²) in [4.78, 5) is 15.5. The molecule has 0 radical (unpaired) electrons. The lowest BCUT2D eigenvalue weighted by Gasteiger charge is -2.26. The second-order valence-electron chi connectivity index (χ2n) is 8.85. The lowest BCUT2D eigenvalue weighted by Crippen LogP contribution is -2.41. The van der Waals surface area contributed by atoms with E-state index in [1.54, 1.807) is 36.4 Å². The largest absolute Gasteiger partial charge is 0.372 e. The Labute approximate surface area is 212 Å². The molecular weight excluding hydrogens is 482 g/mol. The molecule has 0 saturated carbocycles. The van der Waals surface area contributed by atoms with E-state index >= 15 is 0 Å². The Morgan fingerprint density at radius 1 is 1.00 bits per heavy atom. The lowest BCUT2D eigenvalue weighted by molar-refractivity contribution is -0.120. The number of sulfonamides is 1. The highest BCUT2D eigenvalue weighted by Crippen LogP contribution is 2.30. The predicted octanol–water partition coefficient (Wildman–Crippen LogP) is 5.32. The normalized spacial score (nSPS) is 14.5. The van der Waals surface area contributed by atoms with E-state index in [2.05, 4.69) is 22.3 Å². The molecule has 0 spiro atoms. The summed E-state index contributed by atoms with van der Waals surface area (Å²) in [5.74, 6) is -0.420. The third-order valence-electron chi connectivity index (χ3n) is 6.26. The van der Waals surface area contributed by atoms with Gasteiger partial charge in [0.05, 0.1) is 21.6 Å². The van der Waals surface area contributed by atoms with Crippen LogP contribution in [0, 0.1) is 6.92 Å². The number of nitrogens with zero attached hydrogens (tertiary/aromatic N) is 2. The van der Waals surface area contributed by atoms with E-state index in [1.807, 2.05) is 26.0 Å². The van der Waals surface area contributed by atoms with Gasteiger partial charge in [-0.1, -0.05) is 53.6 Å². The number of para-hydroxylation sites is 1. The van der Waals surface area contributed by atoms with Crippen LogP contribution in [0.1, 0.15) is 36.9 Å². The first-order chi connectivity index (χ1) is 16.8. The van der Waals surface area contributed by atoms with Gasteiger partial charge >= 0.3 is 0 Å². The summed E-state index contributed by atoms with van der Waals surface area (Å²) in [6, 6.07) is 21.0. The van der Waals surface area contributed by atoms with Crippen molar-refractivity contribution in [3.8, 4) is 0 Å². The number of carbonyl (C=O) groups excluding carboxylic acids is 1. The summed E-state index contributed by atoms with van der Waals surface area (Å²) in [6.45, 7) is 5.51. The molecule has 1 aliphatic heterocycles. The summed E-state index contributed by atoms with van der Waals surface area (Å²) < 4.78 is 28.1. The molecular formula is C27H30ClN3O3S. The molecule has 1 N–H and O–H groups in total. The number of amides is 1. The van der Waals surface area contributed by atoms with Crippen molar-refractivity contribution in [2.75, 3.05) is 28.8 Å². The van der Waals surface area contributed by atoms with Gasteiger partial charge in [0, 0.05) is 18.8 Å². The molecule has 0 aliphatic carbocycles. The highest BCUT2D eigenvalue weighted by Gasteiger charge is 2.29. The molecule has 4 rings (SSSR count). The molecule has 3 aromatic rings.